The Labute approximate surface area is 72.7 Å². The number of rotatable bonds is 3. The van der Waals surface area contributed by atoms with E-state index >= 15 is 0 Å². The quantitative estimate of drug-likeness (QED) is 0.681. The van der Waals surface area contributed by atoms with Crippen LogP contribution in [0.5, 0.6) is 0 Å². The fourth-order valence-corrected chi connectivity index (χ4v) is 1.00. The molecule has 1 aromatic rings. The lowest BCUT2D eigenvalue weighted by Crippen LogP contribution is -1.99. The maximum Gasteiger partial charge on any atom is 0.0949 e. The van der Waals surface area contributed by atoms with Gasteiger partial charge in [-0.05, 0) is 20.3 Å². The van der Waals surface area contributed by atoms with Gasteiger partial charge in [0.25, 0.3) is 0 Å². The topological polar surface area (TPSA) is 41.6 Å². The molecule has 0 radical (unpaired) electrons. The van der Waals surface area contributed by atoms with Crippen molar-refractivity contribution >= 4 is 0 Å². The molecule has 0 bridgehead atoms. The Morgan fingerprint density at radius 3 is 3.00 bits per heavy atom. The van der Waals surface area contributed by atoms with Gasteiger partial charge in [-0.25, -0.2) is 4.98 Å². The maximum atomic E-state index is 8.54. The molecule has 1 atom stereocenters. The molecule has 64 valence electrons. The van der Waals surface area contributed by atoms with Crippen molar-refractivity contribution in [3.63, 3.8) is 0 Å². The van der Waals surface area contributed by atoms with E-state index in [-0.39, 0.29) is 5.92 Å². The first kappa shape index (κ1) is 8.79. The Bertz CT molecular complexity index is 282. The van der Waals surface area contributed by atoms with Crippen LogP contribution in [0.4, 0.5) is 0 Å². The lowest BCUT2D eigenvalue weighted by Gasteiger charge is -2.02. The monoisotopic (exact) mass is 163 g/mol. The molecular formula is C9H13N3. The molecule has 0 spiro atoms. The molecule has 0 fully saturated rings. The van der Waals surface area contributed by atoms with Crippen molar-refractivity contribution in [2.24, 2.45) is 5.92 Å². The summed E-state index contributed by atoms with van der Waals surface area (Å²) in [5.41, 5.74) is 1.03. The van der Waals surface area contributed by atoms with Gasteiger partial charge in [0.05, 0.1) is 18.1 Å². The summed E-state index contributed by atoms with van der Waals surface area (Å²) in [4.78, 5) is 4.10. The zero-order valence-electron chi connectivity index (χ0n) is 7.49. The van der Waals surface area contributed by atoms with Gasteiger partial charge in [-0.2, -0.15) is 5.26 Å². The minimum atomic E-state index is 0.132. The van der Waals surface area contributed by atoms with Gasteiger partial charge >= 0.3 is 0 Å². The first-order valence-corrected chi connectivity index (χ1v) is 4.10. The third-order valence-corrected chi connectivity index (χ3v) is 1.80. The molecule has 1 rings (SSSR count). The van der Waals surface area contributed by atoms with Gasteiger partial charge in [0.2, 0.25) is 0 Å². The summed E-state index contributed by atoms with van der Waals surface area (Å²) in [6.07, 6.45) is 4.69. The molecule has 0 aromatic carbocycles. The van der Waals surface area contributed by atoms with Crippen LogP contribution in [0.15, 0.2) is 12.5 Å². The molecule has 0 aliphatic rings. The Kier molecular flexibility index (Phi) is 2.87. The summed E-state index contributed by atoms with van der Waals surface area (Å²) in [6, 6.07) is 2.21. The van der Waals surface area contributed by atoms with Crippen LogP contribution in [0.1, 0.15) is 19.0 Å². The number of imidazole rings is 1. The van der Waals surface area contributed by atoms with Gasteiger partial charge in [0.15, 0.2) is 0 Å². The molecular weight excluding hydrogens is 150 g/mol. The van der Waals surface area contributed by atoms with Crippen molar-refractivity contribution in [1.29, 1.82) is 5.26 Å². The van der Waals surface area contributed by atoms with Crippen LogP contribution < -0.4 is 0 Å². The number of hydrogen-bond acceptors (Lipinski definition) is 2. The van der Waals surface area contributed by atoms with Gasteiger partial charge in [-0.3, -0.25) is 0 Å². The minimum Gasteiger partial charge on any atom is -0.337 e. The lowest BCUT2D eigenvalue weighted by molar-refractivity contribution is 0.562. The average molecular weight is 163 g/mol. The zero-order chi connectivity index (χ0) is 8.97. The predicted molar refractivity (Wildman–Crippen MR) is 46.4 cm³/mol. The molecule has 0 saturated heterocycles. The predicted octanol–water partition coefficient (Wildman–Crippen LogP) is 1.74. The van der Waals surface area contributed by atoms with Crippen LogP contribution in [0, 0.1) is 24.2 Å². The number of aryl methyl sites for hydroxylation is 2. The molecule has 3 nitrogen and oxygen atoms in total. The molecule has 0 N–H and O–H groups in total. The molecule has 1 aromatic heterocycles. The van der Waals surface area contributed by atoms with E-state index in [9.17, 15) is 0 Å². The highest BCUT2D eigenvalue weighted by Crippen LogP contribution is 2.03. The number of aromatic nitrogens is 2. The average Bonchev–Trinajstić information content (AvgIpc) is 2.47. The standard InChI is InChI=1S/C9H13N3/c1-8(5-10)3-4-12-6-9(2)11-7-12/h6-8H,3-4H2,1-2H3. The molecule has 0 saturated carbocycles. The van der Waals surface area contributed by atoms with Gasteiger partial charge in [-0.15, -0.1) is 0 Å². The first-order valence-electron chi connectivity index (χ1n) is 4.10. The number of nitriles is 1. The molecule has 0 amide bonds. The van der Waals surface area contributed by atoms with E-state index in [1.54, 1.807) is 6.33 Å². The summed E-state index contributed by atoms with van der Waals surface area (Å²) in [5, 5.41) is 8.54. The van der Waals surface area contributed by atoms with Crippen LogP contribution >= 0.6 is 0 Å². The molecule has 3 heteroatoms. The molecule has 1 unspecified atom stereocenters. The SMILES string of the molecule is Cc1cn(CCC(C)C#N)cn1. The Morgan fingerprint density at radius 2 is 2.50 bits per heavy atom. The third-order valence-electron chi connectivity index (χ3n) is 1.80. The molecule has 0 aliphatic heterocycles. The second-order valence-corrected chi connectivity index (χ2v) is 3.07. The third kappa shape index (κ3) is 2.39. The van der Waals surface area contributed by atoms with E-state index in [0.717, 1.165) is 18.7 Å². The Balaban J connectivity index is 2.39. The number of hydrogen-bond donors (Lipinski definition) is 0. The zero-order valence-corrected chi connectivity index (χ0v) is 7.49. The Morgan fingerprint density at radius 1 is 1.75 bits per heavy atom. The summed E-state index contributed by atoms with van der Waals surface area (Å²) in [7, 11) is 0. The highest BCUT2D eigenvalue weighted by atomic mass is 15.0. The van der Waals surface area contributed by atoms with Crippen LogP contribution in [-0.4, -0.2) is 9.55 Å². The lowest BCUT2D eigenvalue weighted by atomic mass is 10.1. The van der Waals surface area contributed by atoms with E-state index in [2.05, 4.69) is 11.1 Å². The Hall–Kier alpha value is -1.30. The fraction of sp³-hybridized carbons (Fsp3) is 0.556. The molecule has 12 heavy (non-hydrogen) atoms. The van der Waals surface area contributed by atoms with Crippen molar-refractivity contribution in [3.8, 4) is 6.07 Å². The second-order valence-electron chi connectivity index (χ2n) is 3.07. The van der Waals surface area contributed by atoms with E-state index in [1.165, 1.54) is 0 Å². The van der Waals surface area contributed by atoms with Gasteiger partial charge in [-0.1, -0.05) is 0 Å². The normalized spacial score (nSPS) is 12.4. The van der Waals surface area contributed by atoms with Crippen molar-refractivity contribution in [2.75, 3.05) is 0 Å². The number of nitrogens with zero attached hydrogens (tertiary/aromatic N) is 3. The van der Waals surface area contributed by atoms with E-state index in [0.29, 0.717) is 0 Å². The van der Waals surface area contributed by atoms with E-state index in [4.69, 9.17) is 5.26 Å². The van der Waals surface area contributed by atoms with Crippen LogP contribution in [-0.2, 0) is 6.54 Å². The van der Waals surface area contributed by atoms with Crippen LogP contribution in [0.25, 0.3) is 0 Å². The van der Waals surface area contributed by atoms with E-state index < -0.39 is 0 Å². The minimum absolute atomic E-state index is 0.132. The van der Waals surface area contributed by atoms with Crippen molar-refractivity contribution in [3.05, 3.63) is 18.2 Å². The van der Waals surface area contributed by atoms with Crippen molar-refractivity contribution in [2.45, 2.75) is 26.8 Å². The van der Waals surface area contributed by atoms with Crippen LogP contribution in [0.2, 0.25) is 0 Å². The highest BCUT2D eigenvalue weighted by molar-refractivity contribution is 4.92. The summed E-state index contributed by atoms with van der Waals surface area (Å²) < 4.78 is 2.02. The van der Waals surface area contributed by atoms with Crippen LogP contribution in [0.3, 0.4) is 0 Å². The fourth-order valence-electron chi connectivity index (χ4n) is 1.00. The highest BCUT2D eigenvalue weighted by Gasteiger charge is 1.99. The molecule has 1 heterocycles. The summed E-state index contributed by atoms with van der Waals surface area (Å²) in [6.45, 7) is 4.78. The van der Waals surface area contributed by atoms with Crippen molar-refractivity contribution in [1.82, 2.24) is 9.55 Å². The maximum absolute atomic E-state index is 8.54. The van der Waals surface area contributed by atoms with Gasteiger partial charge in [0.1, 0.15) is 0 Å². The first-order chi connectivity index (χ1) is 5.72. The van der Waals surface area contributed by atoms with Crippen molar-refractivity contribution < 1.29 is 0 Å². The molecule has 0 aliphatic carbocycles. The van der Waals surface area contributed by atoms with Gasteiger partial charge in [0, 0.05) is 18.7 Å². The second kappa shape index (κ2) is 3.91. The summed E-state index contributed by atoms with van der Waals surface area (Å²) >= 11 is 0. The summed E-state index contributed by atoms with van der Waals surface area (Å²) in [5.74, 6) is 0.132. The van der Waals surface area contributed by atoms with E-state index in [1.807, 2.05) is 24.6 Å². The largest absolute Gasteiger partial charge is 0.337 e. The van der Waals surface area contributed by atoms with Gasteiger partial charge < -0.3 is 4.57 Å². The smallest absolute Gasteiger partial charge is 0.0949 e.